The summed E-state index contributed by atoms with van der Waals surface area (Å²) in [7, 11) is 1.54. The van der Waals surface area contributed by atoms with Crippen LogP contribution in [0.25, 0.3) is 6.08 Å². The minimum Gasteiger partial charge on any atom is -0.493 e. The molecule has 0 aromatic heterocycles. The second-order valence-corrected chi connectivity index (χ2v) is 8.01. The SMILES string of the molecule is COc1cccc(/C=C2\SC(=O)N(Cc3ccccc3F)C2=O)c1OCc1ccccc1. The summed E-state index contributed by atoms with van der Waals surface area (Å²) in [6.07, 6.45) is 1.61. The van der Waals surface area contributed by atoms with Crippen molar-refractivity contribution in [2.24, 2.45) is 0 Å². The molecule has 0 atom stereocenters. The van der Waals surface area contributed by atoms with Gasteiger partial charge in [-0.05, 0) is 35.5 Å². The average Bonchev–Trinajstić information content (AvgIpc) is 3.07. The number of amides is 2. The molecule has 32 heavy (non-hydrogen) atoms. The second kappa shape index (κ2) is 9.70. The summed E-state index contributed by atoms with van der Waals surface area (Å²) in [5, 5.41) is -0.445. The van der Waals surface area contributed by atoms with Crippen LogP contribution in [-0.4, -0.2) is 23.2 Å². The zero-order valence-corrected chi connectivity index (χ0v) is 18.1. The van der Waals surface area contributed by atoms with Crippen LogP contribution in [0.3, 0.4) is 0 Å². The van der Waals surface area contributed by atoms with Gasteiger partial charge in [0, 0.05) is 11.1 Å². The topological polar surface area (TPSA) is 55.8 Å². The van der Waals surface area contributed by atoms with E-state index in [1.165, 1.54) is 13.2 Å². The van der Waals surface area contributed by atoms with Gasteiger partial charge in [0.05, 0.1) is 18.6 Å². The van der Waals surface area contributed by atoms with Gasteiger partial charge in [0.15, 0.2) is 11.5 Å². The van der Waals surface area contributed by atoms with E-state index in [-0.39, 0.29) is 17.0 Å². The number of rotatable bonds is 7. The summed E-state index contributed by atoms with van der Waals surface area (Å²) in [5.74, 6) is 0.0556. The maximum absolute atomic E-state index is 14.0. The lowest BCUT2D eigenvalue weighted by molar-refractivity contribution is -0.123. The number of thioether (sulfide) groups is 1. The first-order valence-electron chi connectivity index (χ1n) is 9.89. The predicted molar refractivity (Wildman–Crippen MR) is 122 cm³/mol. The molecule has 0 aliphatic carbocycles. The molecule has 1 aliphatic rings. The van der Waals surface area contributed by atoms with Crippen LogP contribution < -0.4 is 9.47 Å². The van der Waals surface area contributed by atoms with Crippen LogP contribution in [0.4, 0.5) is 9.18 Å². The molecule has 0 radical (unpaired) electrons. The Hall–Kier alpha value is -3.58. The Morgan fingerprint density at radius 2 is 1.72 bits per heavy atom. The molecule has 3 aromatic carbocycles. The number of carbonyl (C=O) groups is 2. The van der Waals surface area contributed by atoms with Crippen molar-refractivity contribution in [1.82, 2.24) is 4.90 Å². The van der Waals surface area contributed by atoms with E-state index in [0.29, 0.717) is 23.7 Å². The number of carbonyl (C=O) groups excluding carboxylic acids is 2. The van der Waals surface area contributed by atoms with Gasteiger partial charge in [-0.1, -0.05) is 60.7 Å². The zero-order chi connectivity index (χ0) is 22.5. The molecule has 2 amide bonds. The molecular weight excluding hydrogens is 429 g/mol. The van der Waals surface area contributed by atoms with Crippen molar-refractivity contribution in [3.8, 4) is 11.5 Å². The molecule has 4 rings (SSSR count). The van der Waals surface area contributed by atoms with E-state index in [2.05, 4.69) is 0 Å². The quantitative estimate of drug-likeness (QED) is 0.436. The fraction of sp³-hybridized carbons (Fsp3) is 0.120. The third-order valence-corrected chi connectivity index (χ3v) is 5.81. The number of para-hydroxylation sites is 1. The van der Waals surface area contributed by atoms with E-state index in [1.54, 1.807) is 42.5 Å². The third kappa shape index (κ3) is 4.68. The lowest BCUT2D eigenvalue weighted by Crippen LogP contribution is -2.27. The highest BCUT2D eigenvalue weighted by atomic mass is 32.2. The van der Waals surface area contributed by atoms with Crippen LogP contribution in [0.15, 0.2) is 77.7 Å². The minimum absolute atomic E-state index is 0.121. The first-order chi connectivity index (χ1) is 15.6. The molecule has 3 aromatic rings. The number of methoxy groups -OCH3 is 1. The Morgan fingerprint density at radius 1 is 0.969 bits per heavy atom. The number of hydrogen-bond donors (Lipinski definition) is 0. The Balaban J connectivity index is 1.60. The number of benzene rings is 3. The third-order valence-electron chi connectivity index (χ3n) is 4.90. The Bertz CT molecular complexity index is 1180. The molecule has 0 unspecified atom stereocenters. The molecule has 1 fully saturated rings. The summed E-state index contributed by atoms with van der Waals surface area (Å²) in [6, 6.07) is 21.1. The van der Waals surface area contributed by atoms with Crippen molar-refractivity contribution in [3.63, 3.8) is 0 Å². The van der Waals surface area contributed by atoms with Crippen LogP contribution in [0.1, 0.15) is 16.7 Å². The highest BCUT2D eigenvalue weighted by molar-refractivity contribution is 8.18. The molecule has 0 bridgehead atoms. The van der Waals surface area contributed by atoms with E-state index >= 15 is 0 Å². The van der Waals surface area contributed by atoms with Gasteiger partial charge >= 0.3 is 0 Å². The molecule has 0 saturated carbocycles. The summed E-state index contributed by atoms with van der Waals surface area (Å²) >= 11 is 0.818. The summed E-state index contributed by atoms with van der Waals surface area (Å²) in [5.41, 5.74) is 1.87. The van der Waals surface area contributed by atoms with E-state index in [1.807, 2.05) is 30.3 Å². The smallest absolute Gasteiger partial charge is 0.293 e. The monoisotopic (exact) mass is 449 g/mol. The van der Waals surface area contributed by atoms with Crippen molar-refractivity contribution in [1.29, 1.82) is 0 Å². The first-order valence-corrected chi connectivity index (χ1v) is 10.7. The lowest BCUT2D eigenvalue weighted by atomic mass is 10.1. The Labute approximate surface area is 189 Å². The highest BCUT2D eigenvalue weighted by Crippen LogP contribution is 2.38. The van der Waals surface area contributed by atoms with Gasteiger partial charge in [0.2, 0.25) is 0 Å². The van der Waals surface area contributed by atoms with Gasteiger partial charge < -0.3 is 9.47 Å². The number of halogens is 1. The number of ether oxygens (including phenoxy) is 2. The Morgan fingerprint density at radius 3 is 2.47 bits per heavy atom. The van der Waals surface area contributed by atoms with Gasteiger partial charge in [-0.3, -0.25) is 14.5 Å². The molecule has 1 heterocycles. The van der Waals surface area contributed by atoms with Gasteiger partial charge in [-0.15, -0.1) is 0 Å². The van der Waals surface area contributed by atoms with E-state index < -0.39 is 17.0 Å². The molecule has 7 heteroatoms. The zero-order valence-electron chi connectivity index (χ0n) is 17.3. The van der Waals surface area contributed by atoms with Crippen molar-refractivity contribution < 1.29 is 23.5 Å². The maximum Gasteiger partial charge on any atom is 0.293 e. The standard InChI is InChI=1S/C25H20FNO4S/c1-30-21-13-7-11-18(23(21)31-16-17-8-3-2-4-9-17)14-22-24(28)27(25(29)32-22)15-19-10-5-6-12-20(19)26/h2-14H,15-16H2,1H3/b22-14-. The average molecular weight is 450 g/mol. The van der Waals surface area contributed by atoms with Crippen LogP contribution in [-0.2, 0) is 17.9 Å². The molecule has 0 spiro atoms. The van der Waals surface area contributed by atoms with Gasteiger partial charge in [0.1, 0.15) is 12.4 Å². The molecule has 0 N–H and O–H groups in total. The molecule has 1 aliphatic heterocycles. The van der Waals surface area contributed by atoms with Gasteiger partial charge in [-0.2, -0.15) is 0 Å². The van der Waals surface area contributed by atoms with Crippen LogP contribution in [0.5, 0.6) is 11.5 Å². The van der Waals surface area contributed by atoms with Crippen LogP contribution in [0.2, 0.25) is 0 Å². The molecule has 5 nitrogen and oxygen atoms in total. The van der Waals surface area contributed by atoms with Crippen molar-refractivity contribution >= 4 is 29.0 Å². The second-order valence-electron chi connectivity index (χ2n) is 7.01. The fourth-order valence-electron chi connectivity index (χ4n) is 3.27. The van der Waals surface area contributed by atoms with Crippen molar-refractivity contribution in [3.05, 3.63) is 100 Å². The summed E-state index contributed by atoms with van der Waals surface area (Å²) < 4.78 is 25.5. The molecule has 1 saturated heterocycles. The first kappa shape index (κ1) is 21.6. The van der Waals surface area contributed by atoms with Gasteiger partial charge in [-0.25, -0.2) is 4.39 Å². The number of imide groups is 1. The Kier molecular flexibility index (Phi) is 6.56. The van der Waals surface area contributed by atoms with Crippen molar-refractivity contribution in [2.75, 3.05) is 7.11 Å². The molecular formula is C25H20FNO4S. The number of hydrogen-bond acceptors (Lipinski definition) is 5. The van der Waals surface area contributed by atoms with E-state index in [9.17, 15) is 14.0 Å². The fourth-order valence-corrected chi connectivity index (χ4v) is 4.10. The van der Waals surface area contributed by atoms with Crippen LogP contribution in [0, 0.1) is 5.82 Å². The highest BCUT2D eigenvalue weighted by Gasteiger charge is 2.35. The maximum atomic E-state index is 14.0. The normalized spacial score (nSPS) is 14.8. The predicted octanol–water partition coefficient (Wildman–Crippen LogP) is 5.65. The largest absolute Gasteiger partial charge is 0.493 e. The van der Waals surface area contributed by atoms with Crippen molar-refractivity contribution in [2.45, 2.75) is 13.2 Å². The van der Waals surface area contributed by atoms with E-state index in [4.69, 9.17) is 9.47 Å². The summed E-state index contributed by atoms with van der Waals surface area (Å²) in [4.78, 5) is 26.7. The molecule has 162 valence electrons. The summed E-state index contributed by atoms with van der Waals surface area (Å²) in [6.45, 7) is 0.195. The minimum atomic E-state index is -0.472. The number of nitrogens with zero attached hydrogens (tertiary/aromatic N) is 1. The van der Waals surface area contributed by atoms with Gasteiger partial charge in [0.25, 0.3) is 11.1 Å². The van der Waals surface area contributed by atoms with Crippen LogP contribution >= 0.6 is 11.8 Å². The van der Waals surface area contributed by atoms with E-state index in [0.717, 1.165) is 22.2 Å². The lowest BCUT2D eigenvalue weighted by Gasteiger charge is -2.14.